The van der Waals surface area contributed by atoms with Crippen molar-refractivity contribution in [3.05, 3.63) is 72.1 Å². The van der Waals surface area contributed by atoms with Crippen molar-refractivity contribution < 1.29 is 9.53 Å². The van der Waals surface area contributed by atoms with Crippen LogP contribution in [0.4, 0.5) is 11.6 Å². The molecule has 6 nitrogen and oxygen atoms in total. The minimum Gasteiger partial charge on any atom is -0.455 e. The summed E-state index contributed by atoms with van der Waals surface area (Å²) in [6, 6.07) is 18.8. The van der Waals surface area contributed by atoms with E-state index < -0.39 is 0 Å². The van der Waals surface area contributed by atoms with Crippen molar-refractivity contribution >= 4 is 17.5 Å². The van der Waals surface area contributed by atoms with Gasteiger partial charge in [0.2, 0.25) is 5.95 Å². The van der Waals surface area contributed by atoms with E-state index in [2.05, 4.69) is 15.3 Å². The molecule has 0 atom stereocenters. The van der Waals surface area contributed by atoms with E-state index >= 15 is 0 Å². The van der Waals surface area contributed by atoms with Gasteiger partial charge in [0.1, 0.15) is 11.4 Å². The Balaban J connectivity index is 1.87. The number of rotatable bonds is 7. The molecule has 1 heterocycles. The molecule has 0 fully saturated rings. The Bertz CT molecular complexity index is 940. The van der Waals surface area contributed by atoms with Crippen molar-refractivity contribution in [2.24, 2.45) is 0 Å². The highest BCUT2D eigenvalue weighted by molar-refractivity contribution is 5.92. The van der Waals surface area contributed by atoms with E-state index in [4.69, 9.17) is 4.74 Å². The summed E-state index contributed by atoms with van der Waals surface area (Å²) < 4.78 is 5.97. The number of aryl methyl sites for hydroxylation is 1. The molecule has 2 aromatic carbocycles. The summed E-state index contributed by atoms with van der Waals surface area (Å²) in [5.74, 6) is 1.64. The Labute approximate surface area is 165 Å². The smallest absolute Gasteiger partial charge is 0.272 e. The second kappa shape index (κ2) is 8.99. The third-order valence-corrected chi connectivity index (χ3v) is 4.23. The lowest BCUT2D eigenvalue weighted by molar-refractivity contribution is 0.0767. The van der Waals surface area contributed by atoms with E-state index in [1.54, 1.807) is 11.0 Å². The topological polar surface area (TPSA) is 67.4 Å². The monoisotopic (exact) mass is 376 g/mol. The van der Waals surface area contributed by atoms with Crippen molar-refractivity contribution in [1.29, 1.82) is 0 Å². The zero-order valence-electron chi connectivity index (χ0n) is 16.3. The van der Waals surface area contributed by atoms with Crippen LogP contribution in [0.3, 0.4) is 0 Å². The van der Waals surface area contributed by atoms with Crippen LogP contribution in [0.5, 0.6) is 11.5 Å². The molecule has 0 saturated heterocycles. The number of nitrogens with zero attached hydrogens (tertiary/aromatic N) is 3. The van der Waals surface area contributed by atoms with E-state index in [0.717, 1.165) is 17.1 Å². The SMILES string of the molecule is CCN(CC)C(=O)c1cc(C)nc(Nc2ccccc2Oc2ccccc2)n1. The maximum atomic E-state index is 12.7. The average Bonchev–Trinajstić information content (AvgIpc) is 2.71. The molecule has 0 spiro atoms. The first-order valence-corrected chi connectivity index (χ1v) is 9.34. The molecular formula is C22H24N4O2. The van der Waals surface area contributed by atoms with Crippen LogP contribution in [-0.4, -0.2) is 33.9 Å². The van der Waals surface area contributed by atoms with E-state index in [9.17, 15) is 4.79 Å². The number of amides is 1. The molecule has 6 heteroatoms. The summed E-state index contributed by atoms with van der Waals surface area (Å²) in [7, 11) is 0. The third kappa shape index (κ3) is 4.65. The average molecular weight is 376 g/mol. The van der Waals surface area contributed by atoms with Gasteiger partial charge in [-0.3, -0.25) is 4.79 Å². The highest BCUT2D eigenvalue weighted by Crippen LogP contribution is 2.30. The molecule has 1 amide bonds. The highest BCUT2D eigenvalue weighted by Gasteiger charge is 2.16. The lowest BCUT2D eigenvalue weighted by Crippen LogP contribution is -2.31. The molecule has 0 aliphatic heterocycles. The largest absolute Gasteiger partial charge is 0.455 e. The van der Waals surface area contributed by atoms with Gasteiger partial charge in [-0.15, -0.1) is 0 Å². The summed E-state index contributed by atoms with van der Waals surface area (Å²) in [6.07, 6.45) is 0. The molecule has 28 heavy (non-hydrogen) atoms. The van der Waals surface area contributed by atoms with Crippen molar-refractivity contribution in [1.82, 2.24) is 14.9 Å². The van der Waals surface area contributed by atoms with Crippen molar-refractivity contribution in [3.63, 3.8) is 0 Å². The Morgan fingerprint density at radius 3 is 2.39 bits per heavy atom. The molecule has 1 N–H and O–H groups in total. The summed E-state index contributed by atoms with van der Waals surface area (Å²) >= 11 is 0. The van der Waals surface area contributed by atoms with Crippen LogP contribution in [-0.2, 0) is 0 Å². The number of nitrogens with one attached hydrogen (secondary N) is 1. The quantitative estimate of drug-likeness (QED) is 0.641. The fourth-order valence-corrected chi connectivity index (χ4v) is 2.80. The highest BCUT2D eigenvalue weighted by atomic mass is 16.5. The first-order chi connectivity index (χ1) is 13.6. The lowest BCUT2D eigenvalue weighted by Gasteiger charge is -2.18. The van der Waals surface area contributed by atoms with Gasteiger partial charge >= 0.3 is 0 Å². The van der Waals surface area contributed by atoms with Crippen LogP contribution in [0.15, 0.2) is 60.7 Å². The van der Waals surface area contributed by atoms with Crippen LogP contribution < -0.4 is 10.1 Å². The Morgan fingerprint density at radius 2 is 1.68 bits per heavy atom. The number of aromatic nitrogens is 2. The van der Waals surface area contributed by atoms with Gasteiger partial charge in [-0.25, -0.2) is 9.97 Å². The number of anilines is 2. The van der Waals surface area contributed by atoms with Crippen LogP contribution in [0, 0.1) is 6.92 Å². The minimum absolute atomic E-state index is 0.104. The second-order valence-electron chi connectivity index (χ2n) is 6.23. The number of para-hydroxylation sites is 3. The van der Waals surface area contributed by atoms with Gasteiger partial charge in [0.25, 0.3) is 5.91 Å². The molecule has 0 aliphatic rings. The predicted molar refractivity (Wildman–Crippen MR) is 110 cm³/mol. The summed E-state index contributed by atoms with van der Waals surface area (Å²) in [4.78, 5) is 23.2. The van der Waals surface area contributed by atoms with Crippen LogP contribution >= 0.6 is 0 Å². The van der Waals surface area contributed by atoms with Gasteiger partial charge in [0.05, 0.1) is 5.69 Å². The minimum atomic E-state index is -0.104. The molecule has 0 unspecified atom stereocenters. The molecule has 0 aliphatic carbocycles. The Morgan fingerprint density at radius 1 is 1.00 bits per heavy atom. The van der Waals surface area contributed by atoms with E-state index in [1.807, 2.05) is 75.4 Å². The predicted octanol–water partition coefficient (Wildman–Crippen LogP) is 4.80. The third-order valence-electron chi connectivity index (χ3n) is 4.23. The molecule has 3 rings (SSSR count). The number of carbonyl (C=O) groups is 1. The van der Waals surface area contributed by atoms with E-state index in [0.29, 0.717) is 30.5 Å². The molecular weight excluding hydrogens is 352 g/mol. The van der Waals surface area contributed by atoms with Crippen molar-refractivity contribution in [3.8, 4) is 11.5 Å². The van der Waals surface area contributed by atoms with Crippen LogP contribution in [0.2, 0.25) is 0 Å². The van der Waals surface area contributed by atoms with Gasteiger partial charge in [0.15, 0.2) is 5.75 Å². The number of hydrogen-bond donors (Lipinski definition) is 1. The van der Waals surface area contributed by atoms with Crippen molar-refractivity contribution in [2.75, 3.05) is 18.4 Å². The van der Waals surface area contributed by atoms with Gasteiger partial charge in [0, 0.05) is 18.8 Å². The molecule has 144 valence electrons. The molecule has 0 bridgehead atoms. The zero-order chi connectivity index (χ0) is 19.9. The lowest BCUT2D eigenvalue weighted by atomic mass is 10.2. The van der Waals surface area contributed by atoms with E-state index in [1.165, 1.54) is 0 Å². The van der Waals surface area contributed by atoms with E-state index in [-0.39, 0.29) is 5.91 Å². The molecule has 3 aromatic rings. The maximum Gasteiger partial charge on any atom is 0.272 e. The number of ether oxygens (including phenoxy) is 1. The summed E-state index contributed by atoms with van der Waals surface area (Å²) in [5.41, 5.74) is 1.81. The maximum absolute atomic E-state index is 12.7. The molecule has 0 saturated carbocycles. The van der Waals surface area contributed by atoms with Gasteiger partial charge in [-0.1, -0.05) is 30.3 Å². The Kier molecular flexibility index (Phi) is 6.22. The number of benzene rings is 2. The Hall–Kier alpha value is -3.41. The molecule has 0 radical (unpaired) electrons. The van der Waals surface area contributed by atoms with Crippen molar-refractivity contribution in [2.45, 2.75) is 20.8 Å². The van der Waals surface area contributed by atoms with Gasteiger partial charge in [-0.2, -0.15) is 0 Å². The first kappa shape index (κ1) is 19.4. The van der Waals surface area contributed by atoms with Gasteiger partial charge in [-0.05, 0) is 51.1 Å². The zero-order valence-corrected chi connectivity index (χ0v) is 16.3. The number of hydrogen-bond acceptors (Lipinski definition) is 5. The summed E-state index contributed by atoms with van der Waals surface area (Å²) in [6.45, 7) is 7.01. The van der Waals surface area contributed by atoms with Crippen LogP contribution in [0.25, 0.3) is 0 Å². The normalized spacial score (nSPS) is 10.4. The fraction of sp³-hybridized carbons (Fsp3) is 0.227. The summed E-state index contributed by atoms with van der Waals surface area (Å²) in [5, 5.41) is 3.19. The first-order valence-electron chi connectivity index (χ1n) is 9.34. The molecule has 1 aromatic heterocycles. The number of carbonyl (C=O) groups excluding carboxylic acids is 1. The fourth-order valence-electron chi connectivity index (χ4n) is 2.80. The van der Waals surface area contributed by atoms with Crippen LogP contribution in [0.1, 0.15) is 30.0 Å². The second-order valence-corrected chi connectivity index (χ2v) is 6.23. The standard InChI is InChI=1S/C22H24N4O2/c1-4-26(5-2)21(27)19-15-16(3)23-22(25-19)24-18-13-9-10-14-20(18)28-17-11-7-6-8-12-17/h6-15H,4-5H2,1-3H3,(H,23,24,25). The van der Waals surface area contributed by atoms with Gasteiger partial charge < -0.3 is 15.0 Å².